The van der Waals surface area contributed by atoms with Crippen molar-refractivity contribution in [2.75, 3.05) is 30.3 Å². The first kappa shape index (κ1) is 17.2. The van der Waals surface area contributed by atoms with E-state index in [4.69, 9.17) is 4.74 Å². The monoisotopic (exact) mass is 367 g/mol. The predicted molar refractivity (Wildman–Crippen MR) is 96.2 cm³/mol. The molecule has 2 heterocycles. The van der Waals surface area contributed by atoms with Crippen molar-refractivity contribution in [3.63, 3.8) is 0 Å². The molecule has 1 N–H and O–H groups in total. The lowest BCUT2D eigenvalue weighted by Crippen LogP contribution is -2.45. The number of hydrogen-bond donors (Lipinski definition) is 1. The Hall–Kier alpha value is -1.64. The third kappa shape index (κ3) is 4.93. The first-order valence-corrected chi connectivity index (χ1v) is 10.5. The maximum Gasteiger partial charge on any atom is 0.215 e. The fraction of sp³-hybridized carbons (Fsp3) is 0.438. The average Bonchev–Trinajstić information content (AvgIpc) is 3.10. The fourth-order valence-electron chi connectivity index (χ4n) is 2.66. The zero-order valence-electron chi connectivity index (χ0n) is 13.3. The van der Waals surface area contributed by atoms with Crippen LogP contribution in [-0.2, 0) is 10.0 Å². The molecule has 0 atom stereocenters. The van der Waals surface area contributed by atoms with Gasteiger partial charge < -0.3 is 9.64 Å². The van der Waals surface area contributed by atoms with Gasteiger partial charge in [0.15, 0.2) is 5.13 Å². The Balaban J connectivity index is 1.42. The van der Waals surface area contributed by atoms with Crippen LogP contribution in [0.1, 0.15) is 12.8 Å². The number of aromatic nitrogens is 1. The first-order valence-electron chi connectivity index (χ1n) is 7.95. The van der Waals surface area contributed by atoms with Crippen molar-refractivity contribution in [2.45, 2.75) is 18.9 Å². The quantitative estimate of drug-likeness (QED) is 0.811. The van der Waals surface area contributed by atoms with Gasteiger partial charge in [-0.2, -0.15) is 0 Å². The van der Waals surface area contributed by atoms with E-state index in [9.17, 15) is 8.42 Å². The Morgan fingerprint density at radius 3 is 2.67 bits per heavy atom. The number of benzene rings is 1. The summed E-state index contributed by atoms with van der Waals surface area (Å²) in [6.07, 6.45) is 3.37. The maximum absolute atomic E-state index is 12.2. The second-order valence-electron chi connectivity index (χ2n) is 5.67. The largest absolute Gasteiger partial charge is 0.492 e. The van der Waals surface area contributed by atoms with Crippen molar-refractivity contribution in [3.05, 3.63) is 41.9 Å². The highest BCUT2D eigenvalue weighted by Crippen LogP contribution is 2.22. The Morgan fingerprint density at radius 2 is 2.00 bits per heavy atom. The van der Waals surface area contributed by atoms with Gasteiger partial charge in [0.25, 0.3) is 0 Å². The molecule has 0 aliphatic carbocycles. The van der Waals surface area contributed by atoms with Crippen molar-refractivity contribution in [1.29, 1.82) is 0 Å². The molecule has 2 aromatic rings. The number of rotatable bonds is 7. The summed E-state index contributed by atoms with van der Waals surface area (Å²) in [5, 5.41) is 2.96. The molecule has 6 nitrogen and oxygen atoms in total. The Kier molecular flexibility index (Phi) is 5.70. The molecule has 3 rings (SSSR count). The van der Waals surface area contributed by atoms with Gasteiger partial charge in [-0.15, -0.1) is 11.3 Å². The average molecular weight is 367 g/mol. The number of sulfonamides is 1. The number of hydrogen-bond acceptors (Lipinski definition) is 6. The fourth-order valence-corrected chi connectivity index (χ4v) is 4.52. The minimum atomic E-state index is -3.33. The molecule has 0 bridgehead atoms. The smallest absolute Gasteiger partial charge is 0.215 e. The van der Waals surface area contributed by atoms with Crippen LogP contribution in [-0.4, -0.2) is 44.9 Å². The van der Waals surface area contributed by atoms with Gasteiger partial charge in [-0.1, -0.05) is 18.2 Å². The first-order chi connectivity index (χ1) is 11.6. The summed E-state index contributed by atoms with van der Waals surface area (Å²) in [6.45, 7) is 1.79. The van der Waals surface area contributed by atoms with Gasteiger partial charge in [0.2, 0.25) is 10.0 Å². The number of piperidine rings is 1. The van der Waals surface area contributed by atoms with Crippen molar-refractivity contribution >= 4 is 26.5 Å². The number of para-hydroxylation sites is 1. The molecule has 0 radical (unpaired) electrons. The zero-order chi connectivity index (χ0) is 16.8. The summed E-state index contributed by atoms with van der Waals surface area (Å²) < 4.78 is 32.6. The van der Waals surface area contributed by atoms with E-state index in [0.29, 0.717) is 5.75 Å². The zero-order valence-corrected chi connectivity index (χ0v) is 14.9. The van der Waals surface area contributed by atoms with Gasteiger partial charge in [-0.3, -0.25) is 0 Å². The number of nitrogens with zero attached hydrogens (tertiary/aromatic N) is 2. The third-order valence-electron chi connectivity index (χ3n) is 3.89. The van der Waals surface area contributed by atoms with Gasteiger partial charge in [-0.25, -0.2) is 18.1 Å². The van der Waals surface area contributed by atoms with Crippen LogP contribution in [0, 0.1) is 0 Å². The second-order valence-corrected chi connectivity index (χ2v) is 8.42. The van der Waals surface area contributed by atoms with E-state index in [1.165, 1.54) is 0 Å². The van der Waals surface area contributed by atoms with Crippen LogP contribution in [0.3, 0.4) is 0 Å². The molecular formula is C16H21N3O3S2. The topological polar surface area (TPSA) is 71.5 Å². The van der Waals surface area contributed by atoms with Crippen molar-refractivity contribution in [2.24, 2.45) is 0 Å². The maximum atomic E-state index is 12.2. The van der Waals surface area contributed by atoms with Crippen LogP contribution in [0.5, 0.6) is 5.75 Å². The van der Waals surface area contributed by atoms with Crippen molar-refractivity contribution in [1.82, 2.24) is 9.71 Å². The normalized spacial score (nSPS) is 16.2. The van der Waals surface area contributed by atoms with E-state index in [0.717, 1.165) is 31.1 Å². The molecular weight excluding hydrogens is 346 g/mol. The summed E-state index contributed by atoms with van der Waals surface area (Å²) in [7, 11) is -3.33. The molecule has 130 valence electrons. The van der Waals surface area contributed by atoms with Gasteiger partial charge in [0.1, 0.15) is 12.4 Å². The highest BCUT2D eigenvalue weighted by molar-refractivity contribution is 7.89. The standard InChI is InChI=1S/C16H21N3O3S2/c20-24(21,13-11-22-15-4-2-1-3-5-15)18-14-6-9-19(10-7-14)16-17-8-12-23-16/h1-5,8,12,14,18H,6-7,9-11,13H2. The molecule has 0 saturated carbocycles. The Labute approximate surface area is 146 Å². The van der Waals surface area contributed by atoms with Crippen LogP contribution in [0.2, 0.25) is 0 Å². The van der Waals surface area contributed by atoms with Gasteiger partial charge in [0, 0.05) is 30.7 Å². The Bertz CT molecular complexity index is 712. The molecule has 1 fully saturated rings. The minimum absolute atomic E-state index is 0.0112. The van der Waals surface area contributed by atoms with Crippen LogP contribution in [0.15, 0.2) is 41.9 Å². The molecule has 8 heteroatoms. The second kappa shape index (κ2) is 7.96. The summed E-state index contributed by atoms with van der Waals surface area (Å²) in [5.74, 6) is 0.652. The van der Waals surface area contributed by atoms with Crippen LogP contribution in [0.25, 0.3) is 0 Å². The molecule has 1 saturated heterocycles. The lowest BCUT2D eigenvalue weighted by Gasteiger charge is -2.31. The van der Waals surface area contributed by atoms with Gasteiger partial charge in [-0.05, 0) is 25.0 Å². The molecule has 24 heavy (non-hydrogen) atoms. The summed E-state index contributed by atoms with van der Waals surface area (Å²) >= 11 is 1.61. The van der Waals surface area contributed by atoms with E-state index in [1.807, 2.05) is 35.7 Å². The summed E-state index contributed by atoms with van der Waals surface area (Å²) in [5.41, 5.74) is 0. The lowest BCUT2D eigenvalue weighted by atomic mass is 10.1. The van der Waals surface area contributed by atoms with E-state index in [-0.39, 0.29) is 18.4 Å². The van der Waals surface area contributed by atoms with Crippen LogP contribution in [0.4, 0.5) is 5.13 Å². The summed E-state index contributed by atoms with van der Waals surface area (Å²) in [4.78, 5) is 6.50. The number of thiazole rings is 1. The molecule has 1 aliphatic rings. The van der Waals surface area contributed by atoms with Crippen molar-refractivity contribution in [3.8, 4) is 5.75 Å². The van der Waals surface area contributed by atoms with Gasteiger partial charge in [0.05, 0.1) is 5.75 Å². The number of ether oxygens (including phenoxy) is 1. The van der Waals surface area contributed by atoms with Crippen LogP contribution >= 0.6 is 11.3 Å². The number of anilines is 1. The van der Waals surface area contributed by atoms with Gasteiger partial charge >= 0.3 is 0 Å². The lowest BCUT2D eigenvalue weighted by molar-refractivity contribution is 0.339. The highest BCUT2D eigenvalue weighted by Gasteiger charge is 2.24. The predicted octanol–water partition coefficient (Wildman–Crippen LogP) is 2.11. The molecule has 1 aromatic carbocycles. The Morgan fingerprint density at radius 1 is 1.25 bits per heavy atom. The van der Waals surface area contributed by atoms with Crippen LogP contribution < -0.4 is 14.4 Å². The minimum Gasteiger partial charge on any atom is -0.492 e. The summed E-state index contributed by atoms with van der Waals surface area (Å²) in [6, 6.07) is 9.23. The molecule has 0 amide bonds. The molecule has 1 aliphatic heterocycles. The van der Waals surface area contributed by atoms with E-state index in [1.54, 1.807) is 17.5 Å². The van der Waals surface area contributed by atoms with E-state index >= 15 is 0 Å². The molecule has 1 aromatic heterocycles. The number of nitrogens with one attached hydrogen (secondary N) is 1. The molecule has 0 spiro atoms. The highest BCUT2D eigenvalue weighted by atomic mass is 32.2. The third-order valence-corrected chi connectivity index (χ3v) is 6.12. The van der Waals surface area contributed by atoms with Crippen molar-refractivity contribution < 1.29 is 13.2 Å². The molecule has 0 unspecified atom stereocenters. The van der Waals surface area contributed by atoms with E-state index in [2.05, 4.69) is 14.6 Å². The SMILES string of the molecule is O=S(=O)(CCOc1ccccc1)NC1CCN(c2nccs2)CC1. The van der Waals surface area contributed by atoms with E-state index < -0.39 is 10.0 Å².